The quantitative estimate of drug-likeness (QED) is 0.527. The van der Waals surface area contributed by atoms with Crippen molar-refractivity contribution < 1.29 is 14.4 Å². The minimum absolute atomic E-state index is 0.132. The first-order valence-corrected chi connectivity index (χ1v) is 12.1. The lowest BCUT2D eigenvalue weighted by Crippen LogP contribution is -2.50. The number of aliphatic imine (C=N–C) groups is 1. The van der Waals surface area contributed by atoms with E-state index in [1.807, 2.05) is 80.4 Å². The Kier molecular flexibility index (Phi) is 8.64. The molecule has 2 aromatic carbocycles. The van der Waals surface area contributed by atoms with Crippen LogP contribution >= 0.6 is 0 Å². The second kappa shape index (κ2) is 11.7. The molecule has 190 valence electrons. The van der Waals surface area contributed by atoms with Crippen LogP contribution in [-0.4, -0.2) is 43.8 Å². The summed E-state index contributed by atoms with van der Waals surface area (Å²) in [6.45, 7) is 7.65. The zero-order valence-corrected chi connectivity index (χ0v) is 21.3. The number of carbonyl (C=O) groups excluding carboxylic acids is 3. The fourth-order valence-electron chi connectivity index (χ4n) is 4.50. The van der Waals surface area contributed by atoms with Crippen LogP contribution in [0.1, 0.15) is 32.3 Å². The molecular formula is C28H35N5O3. The minimum atomic E-state index is -1.18. The van der Waals surface area contributed by atoms with Crippen LogP contribution in [0.4, 0.5) is 11.4 Å². The van der Waals surface area contributed by atoms with E-state index in [9.17, 15) is 14.4 Å². The number of fused-ring (bicyclic) bond motifs is 1. The van der Waals surface area contributed by atoms with Gasteiger partial charge in [-0.05, 0) is 43.0 Å². The third-order valence-electron chi connectivity index (χ3n) is 6.40. The molecule has 3 rings (SSSR count). The number of nitrogens with zero attached hydrogens (tertiary/aromatic N) is 3. The smallest absolute Gasteiger partial charge is 0.272 e. The Bertz CT molecular complexity index is 1140. The van der Waals surface area contributed by atoms with Crippen molar-refractivity contribution in [3.63, 3.8) is 0 Å². The maximum Gasteiger partial charge on any atom is 0.272 e. The average Bonchev–Trinajstić information content (AvgIpc) is 2.96. The highest BCUT2D eigenvalue weighted by Crippen LogP contribution is 2.29. The van der Waals surface area contributed by atoms with Crippen LogP contribution in [0, 0.1) is 17.8 Å². The summed E-state index contributed by atoms with van der Waals surface area (Å²) >= 11 is 0. The van der Waals surface area contributed by atoms with Crippen molar-refractivity contribution in [1.29, 1.82) is 0 Å². The number of benzodiazepines with no additional fused rings is 1. The molecule has 0 bridgehead atoms. The number of nitrogens with one attached hydrogen (secondary N) is 1. The molecule has 3 N–H and O–H groups in total. The number of amides is 3. The van der Waals surface area contributed by atoms with E-state index in [-0.39, 0.29) is 18.2 Å². The highest BCUT2D eigenvalue weighted by molar-refractivity contribution is 6.17. The maximum atomic E-state index is 13.5. The van der Waals surface area contributed by atoms with Crippen molar-refractivity contribution in [2.45, 2.75) is 32.9 Å². The van der Waals surface area contributed by atoms with Crippen molar-refractivity contribution in [2.24, 2.45) is 28.5 Å². The third-order valence-corrected chi connectivity index (χ3v) is 6.40. The molecule has 8 heteroatoms. The number of likely N-dealkylation sites (N-methyl/N-ethyl adjacent to an activating group) is 1. The molecule has 8 nitrogen and oxygen atoms in total. The number of nitrogens with two attached hydrogens (primary N) is 1. The summed E-state index contributed by atoms with van der Waals surface area (Å²) in [6.07, 6.45) is 1.12. The lowest BCUT2D eigenvalue weighted by molar-refractivity contribution is -0.135. The second-order valence-corrected chi connectivity index (χ2v) is 9.44. The lowest BCUT2D eigenvalue weighted by Gasteiger charge is -2.27. The van der Waals surface area contributed by atoms with Crippen LogP contribution < -0.4 is 20.9 Å². The van der Waals surface area contributed by atoms with Gasteiger partial charge in [-0.25, -0.2) is 4.99 Å². The van der Waals surface area contributed by atoms with Crippen LogP contribution in [0.2, 0.25) is 0 Å². The third kappa shape index (κ3) is 5.82. The highest BCUT2D eigenvalue weighted by Gasteiger charge is 2.37. The summed E-state index contributed by atoms with van der Waals surface area (Å²) in [7, 11) is 3.53. The van der Waals surface area contributed by atoms with E-state index in [1.165, 1.54) is 4.90 Å². The second-order valence-electron chi connectivity index (χ2n) is 9.44. The van der Waals surface area contributed by atoms with E-state index >= 15 is 0 Å². The van der Waals surface area contributed by atoms with Crippen molar-refractivity contribution in [2.75, 3.05) is 23.9 Å². The summed E-state index contributed by atoms with van der Waals surface area (Å²) in [5.74, 6) is -2.15. The number of primary amides is 1. The number of carbonyl (C=O) groups is 3. The molecule has 0 fully saturated rings. The largest absolute Gasteiger partial charge is 0.369 e. The summed E-state index contributed by atoms with van der Waals surface area (Å²) in [5, 5.41) is 2.82. The van der Waals surface area contributed by atoms with E-state index < -0.39 is 29.8 Å². The number of benzene rings is 2. The van der Waals surface area contributed by atoms with Gasteiger partial charge in [0.1, 0.15) is 5.84 Å². The summed E-state index contributed by atoms with van der Waals surface area (Å²) < 4.78 is 0. The fraction of sp³-hybridized carbons (Fsp3) is 0.357. The Balaban J connectivity index is 2.04. The highest BCUT2D eigenvalue weighted by atomic mass is 16.2. The van der Waals surface area contributed by atoms with E-state index in [2.05, 4.69) is 11.9 Å². The van der Waals surface area contributed by atoms with Gasteiger partial charge in [-0.1, -0.05) is 50.3 Å². The number of anilines is 2. The van der Waals surface area contributed by atoms with Crippen LogP contribution in [0.15, 0.2) is 72.2 Å². The summed E-state index contributed by atoms with van der Waals surface area (Å²) in [5.41, 5.74) is 7.98. The monoisotopic (exact) mass is 489 g/mol. The van der Waals surface area contributed by atoms with Gasteiger partial charge >= 0.3 is 0 Å². The molecule has 1 aliphatic rings. The van der Waals surface area contributed by atoms with Gasteiger partial charge < -0.3 is 20.9 Å². The fourth-order valence-corrected chi connectivity index (χ4v) is 4.50. The molecule has 3 atom stereocenters. The Morgan fingerprint density at radius 2 is 1.78 bits per heavy atom. The van der Waals surface area contributed by atoms with Gasteiger partial charge in [-0.15, -0.1) is 6.58 Å². The number of para-hydroxylation sites is 2. The van der Waals surface area contributed by atoms with Crippen molar-refractivity contribution in [3.8, 4) is 0 Å². The molecule has 1 heterocycles. The molecule has 3 amide bonds. The van der Waals surface area contributed by atoms with Crippen molar-refractivity contribution >= 4 is 34.9 Å². The predicted octanol–water partition coefficient (Wildman–Crippen LogP) is 3.33. The van der Waals surface area contributed by atoms with E-state index in [0.29, 0.717) is 17.9 Å². The maximum absolute atomic E-state index is 13.5. The molecule has 2 aromatic rings. The number of allylic oxidation sites excluding steroid dienone is 1. The van der Waals surface area contributed by atoms with E-state index in [1.54, 1.807) is 13.1 Å². The number of rotatable bonds is 9. The first-order valence-electron chi connectivity index (χ1n) is 12.1. The first-order chi connectivity index (χ1) is 17.1. The van der Waals surface area contributed by atoms with E-state index in [4.69, 9.17) is 10.7 Å². The molecule has 0 spiro atoms. The first kappa shape index (κ1) is 26.7. The molecule has 0 saturated carbocycles. The van der Waals surface area contributed by atoms with Gasteiger partial charge in [-0.3, -0.25) is 14.4 Å². The standard InChI is InChI=1S/C28H35N5O3/c1-6-12-20(24(29)34)22(17-18(2)3)27(35)31-25-28(36)33(5)23-16-11-10-15-21(23)26(30-25)32(4)19-13-8-7-9-14-19/h6-11,13-16,18,20,22,25H,1,12,17H2,2-5H3,(H2,29,34)(H,31,35). The minimum Gasteiger partial charge on any atom is -0.369 e. The van der Waals surface area contributed by atoms with Gasteiger partial charge in [0, 0.05) is 25.3 Å². The van der Waals surface area contributed by atoms with Crippen LogP contribution in [0.5, 0.6) is 0 Å². The molecule has 1 aliphatic heterocycles. The zero-order valence-electron chi connectivity index (χ0n) is 21.3. The molecule has 0 saturated heterocycles. The Morgan fingerprint density at radius 1 is 1.14 bits per heavy atom. The average molecular weight is 490 g/mol. The van der Waals surface area contributed by atoms with Crippen molar-refractivity contribution in [1.82, 2.24) is 5.32 Å². The van der Waals surface area contributed by atoms with Crippen LogP contribution in [-0.2, 0) is 14.4 Å². The molecule has 3 unspecified atom stereocenters. The number of hydrogen-bond donors (Lipinski definition) is 2. The molecule has 0 radical (unpaired) electrons. The zero-order chi connectivity index (χ0) is 26.4. The Labute approximate surface area is 212 Å². The van der Waals surface area contributed by atoms with Gasteiger partial charge in [0.15, 0.2) is 0 Å². The molecule has 0 aliphatic carbocycles. The molecule has 36 heavy (non-hydrogen) atoms. The van der Waals surface area contributed by atoms with Crippen molar-refractivity contribution in [3.05, 3.63) is 72.8 Å². The topological polar surface area (TPSA) is 108 Å². The predicted molar refractivity (Wildman–Crippen MR) is 144 cm³/mol. The van der Waals surface area contributed by atoms with Gasteiger partial charge in [0.2, 0.25) is 18.0 Å². The Hall–Kier alpha value is -3.94. The number of hydrogen-bond acceptors (Lipinski definition) is 5. The Morgan fingerprint density at radius 3 is 2.39 bits per heavy atom. The normalized spacial score (nSPS) is 16.9. The lowest BCUT2D eigenvalue weighted by atomic mass is 9.82. The summed E-state index contributed by atoms with van der Waals surface area (Å²) in [4.78, 5) is 47.4. The molecular weight excluding hydrogens is 454 g/mol. The van der Waals surface area contributed by atoms with Gasteiger partial charge in [-0.2, -0.15) is 0 Å². The molecule has 0 aromatic heterocycles. The van der Waals surface area contributed by atoms with Crippen LogP contribution in [0.25, 0.3) is 0 Å². The SMILES string of the molecule is C=CCC(C(N)=O)C(CC(C)C)C(=O)NC1N=C(N(C)c2ccccc2)c2ccccc2N(C)C1=O. The van der Waals surface area contributed by atoms with Gasteiger partial charge in [0.05, 0.1) is 17.5 Å². The summed E-state index contributed by atoms with van der Waals surface area (Å²) in [6, 6.07) is 17.1. The number of amidine groups is 1. The van der Waals surface area contributed by atoms with Gasteiger partial charge in [0.25, 0.3) is 5.91 Å². The van der Waals surface area contributed by atoms with Crippen LogP contribution in [0.3, 0.4) is 0 Å². The van der Waals surface area contributed by atoms with E-state index in [0.717, 1.165) is 11.3 Å².